The topological polar surface area (TPSA) is 129 Å². The molecule has 9 nitrogen and oxygen atoms in total. The second-order valence-corrected chi connectivity index (χ2v) is 4.32. The summed E-state index contributed by atoms with van der Waals surface area (Å²) in [4.78, 5) is 21.3. The molecular formula is C12H14N6O3. The van der Waals surface area contributed by atoms with E-state index in [2.05, 4.69) is 15.6 Å². The third kappa shape index (κ3) is 4.08. The fourth-order valence-corrected chi connectivity index (χ4v) is 1.71. The molecule has 3 N–H and O–H groups in total. The van der Waals surface area contributed by atoms with Crippen LogP contribution in [0.2, 0.25) is 0 Å². The van der Waals surface area contributed by atoms with Crippen molar-refractivity contribution in [3.63, 3.8) is 0 Å². The van der Waals surface area contributed by atoms with E-state index in [1.54, 1.807) is 23.0 Å². The molecule has 1 amide bonds. The number of nitrogens with zero attached hydrogens (tertiary/aromatic N) is 4. The van der Waals surface area contributed by atoms with Gasteiger partial charge >= 0.3 is 0 Å². The molecule has 0 aliphatic heterocycles. The van der Waals surface area contributed by atoms with Gasteiger partial charge in [0.15, 0.2) is 0 Å². The average molecular weight is 290 g/mol. The van der Waals surface area contributed by atoms with Crippen LogP contribution in [0.25, 0.3) is 0 Å². The van der Waals surface area contributed by atoms with Crippen molar-refractivity contribution < 1.29 is 9.72 Å². The predicted molar refractivity (Wildman–Crippen MR) is 73.1 cm³/mol. The predicted octanol–water partition coefficient (Wildman–Crippen LogP) is -0.190. The maximum atomic E-state index is 11.0. The summed E-state index contributed by atoms with van der Waals surface area (Å²) < 4.78 is 1.54. The normalized spacial score (nSPS) is 10.3. The standard InChI is InChI=1S/C12H14N6O3/c13-5-12(19)14-6-10-8-17(16-15-10)7-9-2-1-3-11(4-9)18(20)21/h1-4,8H,5-7,13H2,(H,14,19). The molecule has 0 saturated carbocycles. The minimum Gasteiger partial charge on any atom is -0.349 e. The van der Waals surface area contributed by atoms with Crippen LogP contribution < -0.4 is 11.1 Å². The van der Waals surface area contributed by atoms with E-state index in [1.807, 2.05) is 0 Å². The number of hydrogen-bond donors (Lipinski definition) is 2. The number of aromatic nitrogens is 3. The van der Waals surface area contributed by atoms with Gasteiger partial charge in [0.1, 0.15) is 5.69 Å². The van der Waals surface area contributed by atoms with E-state index in [9.17, 15) is 14.9 Å². The lowest BCUT2D eigenvalue weighted by atomic mass is 10.2. The molecule has 0 radical (unpaired) electrons. The number of nitro benzene ring substituents is 1. The molecule has 110 valence electrons. The number of amides is 1. The summed E-state index contributed by atoms with van der Waals surface area (Å²) in [6, 6.07) is 6.30. The van der Waals surface area contributed by atoms with Gasteiger partial charge in [-0.15, -0.1) is 5.10 Å². The van der Waals surface area contributed by atoms with Gasteiger partial charge in [0.2, 0.25) is 5.91 Å². The van der Waals surface area contributed by atoms with Crippen LogP contribution in [-0.2, 0) is 17.9 Å². The molecule has 21 heavy (non-hydrogen) atoms. The summed E-state index contributed by atoms with van der Waals surface area (Å²) in [5.41, 5.74) is 6.53. The number of hydrogen-bond acceptors (Lipinski definition) is 6. The summed E-state index contributed by atoms with van der Waals surface area (Å²) in [6.07, 6.45) is 1.66. The van der Waals surface area contributed by atoms with E-state index < -0.39 is 4.92 Å². The molecule has 0 aliphatic carbocycles. The molecule has 0 saturated heterocycles. The molecule has 0 bridgehead atoms. The van der Waals surface area contributed by atoms with Crippen molar-refractivity contribution in [2.24, 2.45) is 5.73 Å². The van der Waals surface area contributed by atoms with Crippen molar-refractivity contribution in [3.8, 4) is 0 Å². The highest BCUT2D eigenvalue weighted by Gasteiger charge is 2.07. The Morgan fingerprint density at radius 3 is 3.00 bits per heavy atom. The Bertz CT molecular complexity index is 654. The lowest BCUT2D eigenvalue weighted by Gasteiger charge is -2.01. The zero-order valence-electron chi connectivity index (χ0n) is 11.1. The quantitative estimate of drug-likeness (QED) is 0.560. The van der Waals surface area contributed by atoms with E-state index in [0.717, 1.165) is 5.56 Å². The molecule has 1 aromatic heterocycles. The molecule has 0 unspecified atom stereocenters. The Morgan fingerprint density at radius 2 is 2.29 bits per heavy atom. The van der Waals surface area contributed by atoms with Gasteiger partial charge in [-0.1, -0.05) is 17.3 Å². The van der Waals surface area contributed by atoms with Gasteiger partial charge in [-0.05, 0) is 5.56 Å². The van der Waals surface area contributed by atoms with E-state index in [-0.39, 0.29) is 24.7 Å². The second kappa shape index (κ2) is 6.57. The van der Waals surface area contributed by atoms with Crippen LogP contribution in [0.5, 0.6) is 0 Å². The Hall–Kier alpha value is -2.81. The van der Waals surface area contributed by atoms with Crippen molar-refractivity contribution in [2.45, 2.75) is 13.1 Å². The molecule has 2 rings (SSSR count). The van der Waals surface area contributed by atoms with Crippen molar-refractivity contribution in [3.05, 3.63) is 51.8 Å². The first-order chi connectivity index (χ1) is 10.1. The van der Waals surface area contributed by atoms with Crippen LogP contribution >= 0.6 is 0 Å². The van der Waals surface area contributed by atoms with Crippen LogP contribution in [0.3, 0.4) is 0 Å². The number of nitrogens with two attached hydrogens (primary N) is 1. The van der Waals surface area contributed by atoms with Gasteiger partial charge < -0.3 is 11.1 Å². The number of benzene rings is 1. The average Bonchev–Trinajstić information content (AvgIpc) is 2.92. The van der Waals surface area contributed by atoms with Crippen molar-refractivity contribution >= 4 is 11.6 Å². The second-order valence-electron chi connectivity index (χ2n) is 4.32. The highest BCUT2D eigenvalue weighted by molar-refractivity contribution is 5.77. The van der Waals surface area contributed by atoms with E-state index >= 15 is 0 Å². The molecule has 0 fully saturated rings. The SMILES string of the molecule is NCC(=O)NCc1cn(Cc2cccc([N+](=O)[O-])c2)nn1. The van der Waals surface area contributed by atoms with Crippen LogP contribution in [0.1, 0.15) is 11.3 Å². The van der Waals surface area contributed by atoms with E-state index in [1.165, 1.54) is 12.1 Å². The van der Waals surface area contributed by atoms with E-state index in [0.29, 0.717) is 12.2 Å². The van der Waals surface area contributed by atoms with Crippen LogP contribution in [-0.4, -0.2) is 32.4 Å². The first-order valence-corrected chi connectivity index (χ1v) is 6.17. The van der Waals surface area contributed by atoms with Crippen molar-refractivity contribution in [1.29, 1.82) is 0 Å². The third-order valence-electron chi connectivity index (χ3n) is 2.70. The van der Waals surface area contributed by atoms with E-state index in [4.69, 9.17) is 5.73 Å². The summed E-state index contributed by atoms with van der Waals surface area (Å²) in [5, 5.41) is 21.1. The maximum Gasteiger partial charge on any atom is 0.269 e. The third-order valence-corrected chi connectivity index (χ3v) is 2.70. The van der Waals surface area contributed by atoms with Gasteiger partial charge in [-0.25, -0.2) is 4.68 Å². The van der Waals surface area contributed by atoms with Crippen molar-refractivity contribution in [2.75, 3.05) is 6.54 Å². The van der Waals surface area contributed by atoms with Gasteiger partial charge in [0.25, 0.3) is 5.69 Å². The minimum absolute atomic E-state index is 0.0306. The number of carbonyl (C=O) groups is 1. The number of nitrogens with one attached hydrogen (secondary N) is 1. The first-order valence-electron chi connectivity index (χ1n) is 6.17. The Labute approximate surface area is 119 Å². The van der Waals surface area contributed by atoms with Crippen molar-refractivity contribution in [1.82, 2.24) is 20.3 Å². The largest absolute Gasteiger partial charge is 0.349 e. The summed E-state index contributed by atoms with van der Waals surface area (Å²) in [5.74, 6) is -0.275. The number of rotatable bonds is 6. The summed E-state index contributed by atoms with van der Waals surface area (Å²) >= 11 is 0. The molecule has 1 aromatic carbocycles. The maximum absolute atomic E-state index is 11.0. The van der Waals surface area contributed by atoms with Gasteiger partial charge in [-0.2, -0.15) is 0 Å². The lowest BCUT2D eigenvalue weighted by molar-refractivity contribution is -0.384. The first kappa shape index (κ1) is 14.6. The smallest absolute Gasteiger partial charge is 0.269 e. The molecule has 2 aromatic rings. The van der Waals surface area contributed by atoms with Gasteiger partial charge in [0, 0.05) is 12.1 Å². The Morgan fingerprint density at radius 1 is 1.48 bits per heavy atom. The fourth-order valence-electron chi connectivity index (χ4n) is 1.71. The Kier molecular flexibility index (Phi) is 4.57. The Balaban J connectivity index is 2.00. The highest BCUT2D eigenvalue weighted by atomic mass is 16.6. The van der Waals surface area contributed by atoms with Gasteiger partial charge in [-0.3, -0.25) is 14.9 Å². The molecule has 0 spiro atoms. The van der Waals surface area contributed by atoms with Crippen LogP contribution in [0, 0.1) is 10.1 Å². The fraction of sp³-hybridized carbons (Fsp3) is 0.250. The number of non-ortho nitro benzene ring substituents is 1. The number of carbonyl (C=O) groups excluding carboxylic acids is 1. The monoisotopic (exact) mass is 290 g/mol. The van der Waals surface area contributed by atoms with Crippen LogP contribution in [0.15, 0.2) is 30.5 Å². The molecule has 9 heteroatoms. The zero-order chi connectivity index (χ0) is 15.2. The zero-order valence-corrected chi connectivity index (χ0v) is 11.1. The molecular weight excluding hydrogens is 276 g/mol. The van der Waals surface area contributed by atoms with Crippen LogP contribution in [0.4, 0.5) is 5.69 Å². The lowest BCUT2D eigenvalue weighted by Crippen LogP contribution is -2.29. The highest BCUT2D eigenvalue weighted by Crippen LogP contribution is 2.13. The number of nitro groups is 1. The molecule has 0 aliphatic rings. The minimum atomic E-state index is -0.446. The summed E-state index contributed by atoms with van der Waals surface area (Å²) in [7, 11) is 0. The van der Waals surface area contributed by atoms with Gasteiger partial charge in [0.05, 0.1) is 30.8 Å². The summed E-state index contributed by atoms with van der Waals surface area (Å²) in [6.45, 7) is 0.520. The molecule has 1 heterocycles. The molecule has 0 atom stereocenters.